The van der Waals surface area contributed by atoms with E-state index in [0.29, 0.717) is 17.5 Å². The SMILES string of the molecule is O=C1NC2CC3(CC3)C2N1. The Morgan fingerprint density at radius 1 is 1.40 bits per heavy atom. The zero-order valence-electron chi connectivity index (χ0n) is 5.68. The van der Waals surface area contributed by atoms with Gasteiger partial charge in [-0.15, -0.1) is 0 Å². The highest BCUT2D eigenvalue weighted by molar-refractivity contribution is 5.78. The third-order valence-electron chi connectivity index (χ3n) is 3.18. The second-order valence-corrected chi connectivity index (χ2v) is 3.77. The summed E-state index contributed by atoms with van der Waals surface area (Å²) in [7, 11) is 0. The maximum Gasteiger partial charge on any atom is 0.315 e. The molecule has 1 spiro atoms. The molecule has 0 aromatic carbocycles. The molecule has 2 aliphatic carbocycles. The molecule has 2 unspecified atom stereocenters. The van der Waals surface area contributed by atoms with Crippen molar-refractivity contribution in [2.45, 2.75) is 31.3 Å². The molecule has 2 N–H and O–H groups in total. The maximum absolute atomic E-state index is 10.8. The van der Waals surface area contributed by atoms with Crippen molar-refractivity contribution in [1.29, 1.82) is 0 Å². The van der Waals surface area contributed by atoms with Gasteiger partial charge in [-0.05, 0) is 24.7 Å². The zero-order valence-corrected chi connectivity index (χ0v) is 5.68. The molecular weight excluding hydrogens is 128 g/mol. The highest BCUT2D eigenvalue weighted by atomic mass is 16.2. The molecule has 3 heteroatoms. The van der Waals surface area contributed by atoms with Gasteiger partial charge in [0.25, 0.3) is 0 Å². The minimum absolute atomic E-state index is 0.0405. The molecule has 1 saturated heterocycles. The Hall–Kier alpha value is -0.730. The number of urea groups is 1. The van der Waals surface area contributed by atoms with E-state index in [1.807, 2.05) is 0 Å². The van der Waals surface area contributed by atoms with E-state index in [-0.39, 0.29) is 6.03 Å². The van der Waals surface area contributed by atoms with Crippen molar-refractivity contribution in [1.82, 2.24) is 10.6 Å². The van der Waals surface area contributed by atoms with Crippen molar-refractivity contribution < 1.29 is 4.79 Å². The number of fused-ring (bicyclic) bond motifs is 2. The summed E-state index contributed by atoms with van der Waals surface area (Å²) in [4.78, 5) is 10.8. The first-order valence-electron chi connectivity index (χ1n) is 3.87. The molecule has 2 atom stereocenters. The van der Waals surface area contributed by atoms with Crippen LogP contribution < -0.4 is 10.6 Å². The molecule has 10 heavy (non-hydrogen) atoms. The van der Waals surface area contributed by atoms with E-state index in [9.17, 15) is 4.79 Å². The number of amides is 2. The Labute approximate surface area is 59.2 Å². The number of carbonyl (C=O) groups excluding carboxylic acids is 1. The van der Waals surface area contributed by atoms with Crippen molar-refractivity contribution in [3.63, 3.8) is 0 Å². The summed E-state index contributed by atoms with van der Waals surface area (Å²) in [5, 5.41) is 5.85. The van der Waals surface area contributed by atoms with Crippen LogP contribution in [-0.2, 0) is 0 Å². The zero-order chi connectivity index (χ0) is 6.77. The number of carbonyl (C=O) groups is 1. The van der Waals surface area contributed by atoms with E-state index in [1.165, 1.54) is 19.3 Å². The molecule has 0 aromatic heterocycles. The summed E-state index contributed by atoms with van der Waals surface area (Å²) in [5.41, 5.74) is 0.559. The lowest BCUT2D eigenvalue weighted by molar-refractivity contribution is 0.177. The standard InChI is InChI=1S/C7H10N2O/c10-6-8-4-3-7(1-2-7)5(4)9-6/h4-5H,1-3H2,(H2,8,9,10). The van der Waals surface area contributed by atoms with Crippen LogP contribution in [0.1, 0.15) is 19.3 Å². The topological polar surface area (TPSA) is 41.1 Å². The van der Waals surface area contributed by atoms with Crippen LogP contribution in [0.2, 0.25) is 0 Å². The first kappa shape index (κ1) is 4.99. The van der Waals surface area contributed by atoms with Crippen LogP contribution in [0.4, 0.5) is 4.79 Å². The van der Waals surface area contributed by atoms with Gasteiger partial charge in [-0.1, -0.05) is 0 Å². The molecule has 0 radical (unpaired) electrons. The largest absolute Gasteiger partial charge is 0.333 e. The van der Waals surface area contributed by atoms with E-state index in [1.54, 1.807) is 0 Å². The summed E-state index contributed by atoms with van der Waals surface area (Å²) in [5.74, 6) is 0. The first-order valence-corrected chi connectivity index (χ1v) is 3.87. The van der Waals surface area contributed by atoms with Crippen molar-refractivity contribution in [3.05, 3.63) is 0 Å². The molecule has 2 saturated carbocycles. The Kier molecular flexibility index (Phi) is 0.588. The van der Waals surface area contributed by atoms with Gasteiger partial charge >= 0.3 is 6.03 Å². The van der Waals surface area contributed by atoms with E-state index in [0.717, 1.165) is 0 Å². The molecule has 54 valence electrons. The minimum Gasteiger partial charge on any atom is -0.333 e. The Bertz CT molecular complexity index is 210. The molecular formula is C7H10N2O. The average molecular weight is 138 g/mol. The Morgan fingerprint density at radius 2 is 2.20 bits per heavy atom. The van der Waals surface area contributed by atoms with E-state index >= 15 is 0 Å². The number of nitrogens with one attached hydrogen (secondary N) is 2. The summed E-state index contributed by atoms with van der Waals surface area (Å²) < 4.78 is 0. The second kappa shape index (κ2) is 1.18. The molecule has 0 aromatic rings. The quantitative estimate of drug-likeness (QED) is 0.494. The van der Waals surface area contributed by atoms with Gasteiger partial charge in [-0.25, -0.2) is 4.79 Å². The lowest BCUT2D eigenvalue weighted by atomic mass is 9.72. The first-order chi connectivity index (χ1) is 4.80. The van der Waals surface area contributed by atoms with Crippen LogP contribution in [0.25, 0.3) is 0 Å². The summed E-state index contributed by atoms with van der Waals surface area (Å²) in [6.07, 6.45) is 3.88. The van der Waals surface area contributed by atoms with Crippen LogP contribution in [0.5, 0.6) is 0 Å². The minimum atomic E-state index is 0.0405. The fourth-order valence-electron chi connectivity index (χ4n) is 2.36. The second-order valence-electron chi connectivity index (χ2n) is 3.77. The normalized spacial score (nSPS) is 45.4. The summed E-state index contributed by atoms with van der Waals surface area (Å²) in [6, 6.07) is 0.994. The number of hydrogen-bond donors (Lipinski definition) is 2. The fraction of sp³-hybridized carbons (Fsp3) is 0.857. The van der Waals surface area contributed by atoms with Crippen LogP contribution in [0, 0.1) is 5.41 Å². The number of rotatable bonds is 0. The van der Waals surface area contributed by atoms with Crippen molar-refractivity contribution in [2.75, 3.05) is 0 Å². The molecule has 1 aliphatic heterocycles. The predicted octanol–water partition coefficient (Wildman–Crippen LogP) is 0.220. The highest BCUT2D eigenvalue weighted by Crippen LogP contribution is 2.61. The van der Waals surface area contributed by atoms with Crippen LogP contribution in [0.3, 0.4) is 0 Å². The average Bonchev–Trinajstić information content (AvgIpc) is 2.61. The molecule has 1 heterocycles. The van der Waals surface area contributed by atoms with Crippen LogP contribution in [0.15, 0.2) is 0 Å². The van der Waals surface area contributed by atoms with Gasteiger partial charge in [0.05, 0.1) is 12.1 Å². The third kappa shape index (κ3) is 0.384. The Balaban J connectivity index is 1.87. The lowest BCUT2D eigenvalue weighted by Gasteiger charge is -2.39. The van der Waals surface area contributed by atoms with Crippen molar-refractivity contribution in [3.8, 4) is 0 Å². The lowest BCUT2D eigenvalue weighted by Crippen LogP contribution is -2.53. The summed E-state index contributed by atoms with van der Waals surface area (Å²) >= 11 is 0. The van der Waals surface area contributed by atoms with Crippen molar-refractivity contribution in [2.24, 2.45) is 5.41 Å². The number of hydrogen-bond acceptors (Lipinski definition) is 1. The summed E-state index contributed by atoms with van der Waals surface area (Å²) in [6.45, 7) is 0. The van der Waals surface area contributed by atoms with Gasteiger partial charge in [0, 0.05) is 0 Å². The smallest absolute Gasteiger partial charge is 0.315 e. The molecule has 3 fully saturated rings. The van der Waals surface area contributed by atoms with Crippen LogP contribution >= 0.6 is 0 Å². The van der Waals surface area contributed by atoms with E-state index in [4.69, 9.17) is 0 Å². The highest BCUT2D eigenvalue weighted by Gasteiger charge is 2.64. The van der Waals surface area contributed by atoms with Gasteiger partial charge in [-0.3, -0.25) is 0 Å². The van der Waals surface area contributed by atoms with Gasteiger partial charge in [-0.2, -0.15) is 0 Å². The third-order valence-corrected chi connectivity index (χ3v) is 3.18. The monoisotopic (exact) mass is 138 g/mol. The molecule has 0 bridgehead atoms. The van der Waals surface area contributed by atoms with Gasteiger partial charge in [0.1, 0.15) is 0 Å². The predicted molar refractivity (Wildman–Crippen MR) is 35.5 cm³/mol. The van der Waals surface area contributed by atoms with E-state index < -0.39 is 0 Å². The van der Waals surface area contributed by atoms with Gasteiger partial charge in [0.15, 0.2) is 0 Å². The molecule has 2 amide bonds. The van der Waals surface area contributed by atoms with Crippen molar-refractivity contribution >= 4 is 6.03 Å². The fourth-order valence-corrected chi connectivity index (χ4v) is 2.36. The maximum atomic E-state index is 10.8. The van der Waals surface area contributed by atoms with Crippen LogP contribution in [-0.4, -0.2) is 18.1 Å². The van der Waals surface area contributed by atoms with Gasteiger partial charge < -0.3 is 10.6 Å². The van der Waals surface area contributed by atoms with E-state index in [2.05, 4.69) is 10.6 Å². The Morgan fingerprint density at radius 3 is 2.80 bits per heavy atom. The van der Waals surface area contributed by atoms with Gasteiger partial charge in [0.2, 0.25) is 0 Å². The molecule has 3 aliphatic rings. The molecule has 3 nitrogen and oxygen atoms in total. The molecule has 3 rings (SSSR count).